The molecule has 0 aliphatic carbocycles. The highest BCUT2D eigenvalue weighted by Crippen LogP contribution is 2.53. The van der Waals surface area contributed by atoms with Gasteiger partial charge in [-0.05, 0) is 82.6 Å². The fraction of sp³-hybridized carbons (Fsp3) is 0.531. The van der Waals surface area contributed by atoms with Crippen molar-refractivity contribution >= 4 is 29.0 Å². The molecule has 3 aromatic rings. The van der Waals surface area contributed by atoms with E-state index in [4.69, 9.17) is 24.4 Å². The van der Waals surface area contributed by atoms with Gasteiger partial charge in [0.15, 0.2) is 0 Å². The Morgan fingerprint density at radius 1 is 0.976 bits per heavy atom. The predicted molar refractivity (Wildman–Crippen MR) is 162 cm³/mol. The van der Waals surface area contributed by atoms with Crippen LogP contribution < -0.4 is 20.4 Å². The molecule has 0 saturated carbocycles. The Hall–Kier alpha value is -3.27. The second-order valence-corrected chi connectivity index (χ2v) is 12.7. The molecule has 2 atom stereocenters. The molecule has 0 radical (unpaired) electrons. The summed E-state index contributed by atoms with van der Waals surface area (Å²) < 4.78 is 11.9. The van der Waals surface area contributed by atoms with Crippen LogP contribution in [-0.4, -0.2) is 72.6 Å². The third-order valence-corrected chi connectivity index (χ3v) is 9.37. The van der Waals surface area contributed by atoms with Crippen LogP contribution in [0.4, 0.5) is 29.0 Å². The zero-order valence-electron chi connectivity index (χ0n) is 24.4. The molecule has 0 unspecified atom stereocenters. The van der Waals surface area contributed by atoms with Crippen LogP contribution in [0.1, 0.15) is 57.2 Å². The summed E-state index contributed by atoms with van der Waals surface area (Å²) in [6.45, 7) is 12.8. The van der Waals surface area contributed by atoms with Crippen LogP contribution in [0.15, 0.2) is 48.7 Å². The highest BCUT2D eigenvalue weighted by atomic mass is 16.5. The van der Waals surface area contributed by atoms with Crippen molar-refractivity contribution in [3.63, 3.8) is 0 Å². The Morgan fingerprint density at radius 3 is 2.54 bits per heavy atom. The SMILES string of the molecule is CC1(C)C[C@@H]2N(c3cccc(C4CCNCC4)n3)c3nc(Nc4ccc(N5CCOCC5)cc4)ncc3[C@]2(C)CO1. The van der Waals surface area contributed by atoms with Gasteiger partial charge in [0.05, 0.1) is 31.5 Å². The van der Waals surface area contributed by atoms with E-state index in [1.54, 1.807) is 0 Å². The van der Waals surface area contributed by atoms with Crippen LogP contribution in [0.25, 0.3) is 0 Å². The van der Waals surface area contributed by atoms with Crippen LogP contribution >= 0.6 is 0 Å². The van der Waals surface area contributed by atoms with Gasteiger partial charge in [0.1, 0.15) is 11.6 Å². The minimum atomic E-state index is -0.228. The molecule has 1 aromatic carbocycles. The number of ether oxygens (including phenoxy) is 2. The Bertz CT molecular complexity index is 1390. The lowest BCUT2D eigenvalue weighted by Gasteiger charge is -2.46. The fourth-order valence-electron chi connectivity index (χ4n) is 6.89. The van der Waals surface area contributed by atoms with Gasteiger partial charge in [0.25, 0.3) is 0 Å². The summed E-state index contributed by atoms with van der Waals surface area (Å²) in [5.74, 6) is 2.97. The summed E-state index contributed by atoms with van der Waals surface area (Å²) in [7, 11) is 0. The average Bonchev–Trinajstić information content (AvgIpc) is 3.25. The van der Waals surface area contributed by atoms with Gasteiger partial charge in [-0.2, -0.15) is 4.98 Å². The van der Waals surface area contributed by atoms with Crippen molar-refractivity contribution in [2.75, 3.05) is 61.1 Å². The number of piperidine rings is 1. The lowest BCUT2D eigenvalue weighted by Crippen LogP contribution is -2.54. The molecule has 2 aromatic heterocycles. The van der Waals surface area contributed by atoms with E-state index >= 15 is 0 Å². The number of rotatable bonds is 5. The first kappa shape index (κ1) is 26.6. The van der Waals surface area contributed by atoms with Crippen molar-refractivity contribution in [3.8, 4) is 0 Å². The van der Waals surface area contributed by atoms with E-state index in [2.05, 4.69) is 83.7 Å². The Labute approximate surface area is 242 Å². The molecule has 0 bridgehead atoms. The van der Waals surface area contributed by atoms with E-state index < -0.39 is 0 Å². The molecular formula is C32H41N7O2. The number of hydrogen-bond donors (Lipinski definition) is 2. The van der Waals surface area contributed by atoms with Gasteiger partial charge in [-0.25, -0.2) is 9.97 Å². The van der Waals surface area contributed by atoms with E-state index in [9.17, 15) is 0 Å². The molecule has 9 heteroatoms. The number of hydrogen-bond acceptors (Lipinski definition) is 9. The summed E-state index contributed by atoms with van der Waals surface area (Å²) in [5, 5.41) is 6.94. The second kappa shape index (κ2) is 10.5. The maximum absolute atomic E-state index is 6.39. The minimum Gasteiger partial charge on any atom is -0.378 e. The molecule has 0 amide bonds. The van der Waals surface area contributed by atoms with E-state index in [1.165, 1.54) is 11.4 Å². The van der Waals surface area contributed by atoms with Crippen LogP contribution in [-0.2, 0) is 14.9 Å². The van der Waals surface area contributed by atoms with Gasteiger partial charge in [-0.15, -0.1) is 0 Å². The largest absolute Gasteiger partial charge is 0.378 e. The monoisotopic (exact) mass is 555 g/mol. The van der Waals surface area contributed by atoms with Crippen LogP contribution in [0, 0.1) is 0 Å². The molecule has 4 aliphatic rings. The number of benzene rings is 1. The number of fused-ring (bicyclic) bond motifs is 3. The number of nitrogens with one attached hydrogen (secondary N) is 2. The van der Waals surface area contributed by atoms with Crippen molar-refractivity contribution in [2.24, 2.45) is 0 Å². The van der Waals surface area contributed by atoms with Crippen LogP contribution in [0.2, 0.25) is 0 Å². The summed E-state index contributed by atoms with van der Waals surface area (Å²) in [4.78, 5) is 19.9. The van der Waals surface area contributed by atoms with Crippen molar-refractivity contribution in [1.82, 2.24) is 20.3 Å². The maximum atomic E-state index is 6.39. The number of nitrogens with zero attached hydrogens (tertiary/aromatic N) is 5. The predicted octanol–water partition coefficient (Wildman–Crippen LogP) is 4.90. The fourth-order valence-corrected chi connectivity index (χ4v) is 6.89. The lowest BCUT2D eigenvalue weighted by atomic mass is 9.73. The van der Waals surface area contributed by atoms with Gasteiger partial charge in [0.2, 0.25) is 5.95 Å². The standard InChI is InChI=1S/C32H41N7O2/c1-31(2)19-27-32(3,21-41-31)25-20-34-30(35-23-7-9-24(10-8-23)38-15-17-40-18-16-38)37-29(25)39(27)28-6-4-5-26(36-28)22-11-13-33-14-12-22/h4-10,20,22,27,33H,11-19,21H2,1-3H3,(H,34,35,37)/t27-,32-/m0/s1. The van der Waals surface area contributed by atoms with Crippen LogP contribution in [0.5, 0.6) is 0 Å². The Balaban J connectivity index is 1.22. The number of pyridine rings is 1. The van der Waals surface area contributed by atoms with Gasteiger partial charge in [0, 0.05) is 53.3 Å². The summed E-state index contributed by atoms with van der Waals surface area (Å²) in [6, 6.07) is 15.2. The molecule has 7 rings (SSSR count). The van der Waals surface area contributed by atoms with E-state index in [0.717, 1.165) is 81.5 Å². The molecule has 6 heterocycles. The molecule has 216 valence electrons. The second-order valence-electron chi connectivity index (χ2n) is 12.7. The molecule has 9 nitrogen and oxygen atoms in total. The first-order valence-corrected chi connectivity index (χ1v) is 15.1. The van der Waals surface area contributed by atoms with Crippen LogP contribution in [0.3, 0.4) is 0 Å². The van der Waals surface area contributed by atoms with Gasteiger partial charge in [-0.3, -0.25) is 0 Å². The first-order chi connectivity index (χ1) is 19.9. The molecule has 41 heavy (non-hydrogen) atoms. The Kier molecular flexibility index (Phi) is 6.84. The van der Waals surface area contributed by atoms with Crippen molar-refractivity contribution < 1.29 is 9.47 Å². The topological polar surface area (TPSA) is 87.7 Å². The summed E-state index contributed by atoms with van der Waals surface area (Å²) in [6.07, 6.45) is 5.12. The molecule has 0 spiro atoms. The first-order valence-electron chi connectivity index (χ1n) is 15.1. The smallest absolute Gasteiger partial charge is 0.229 e. The van der Waals surface area contributed by atoms with Crippen molar-refractivity contribution in [2.45, 2.75) is 63.0 Å². The highest BCUT2D eigenvalue weighted by Gasteiger charge is 2.55. The van der Waals surface area contributed by atoms with E-state index in [-0.39, 0.29) is 17.1 Å². The lowest BCUT2D eigenvalue weighted by molar-refractivity contribution is -0.0893. The zero-order valence-corrected chi connectivity index (χ0v) is 24.4. The molecule has 3 fully saturated rings. The van der Waals surface area contributed by atoms with Crippen molar-refractivity contribution in [1.29, 1.82) is 0 Å². The molecule has 3 saturated heterocycles. The average molecular weight is 556 g/mol. The number of aromatic nitrogens is 3. The maximum Gasteiger partial charge on any atom is 0.229 e. The third kappa shape index (κ3) is 5.04. The molecule has 4 aliphatic heterocycles. The van der Waals surface area contributed by atoms with Gasteiger partial charge in [-0.1, -0.05) is 13.0 Å². The normalized spacial score (nSPS) is 26.0. The van der Waals surface area contributed by atoms with Gasteiger partial charge < -0.3 is 29.9 Å². The number of anilines is 5. The van der Waals surface area contributed by atoms with Crippen molar-refractivity contribution in [3.05, 3.63) is 59.9 Å². The summed E-state index contributed by atoms with van der Waals surface area (Å²) in [5.41, 5.74) is 4.02. The van der Waals surface area contributed by atoms with Gasteiger partial charge >= 0.3 is 0 Å². The highest BCUT2D eigenvalue weighted by molar-refractivity contribution is 5.71. The zero-order chi connectivity index (χ0) is 28.0. The minimum absolute atomic E-state index is 0.175. The van der Waals surface area contributed by atoms with E-state index in [0.29, 0.717) is 18.5 Å². The number of morpholine rings is 1. The third-order valence-electron chi connectivity index (χ3n) is 9.37. The molecular weight excluding hydrogens is 514 g/mol. The Morgan fingerprint density at radius 2 is 1.76 bits per heavy atom. The summed E-state index contributed by atoms with van der Waals surface area (Å²) >= 11 is 0. The molecule has 2 N–H and O–H groups in total. The quantitative estimate of drug-likeness (QED) is 0.457. The van der Waals surface area contributed by atoms with E-state index in [1.807, 2.05) is 6.20 Å².